The van der Waals surface area contributed by atoms with Crippen molar-refractivity contribution in [3.63, 3.8) is 0 Å². The molecule has 7 aromatic carbocycles. The van der Waals surface area contributed by atoms with Crippen LogP contribution < -0.4 is 41.7 Å². The molecule has 9 aromatic rings. The van der Waals surface area contributed by atoms with Crippen LogP contribution >= 0.6 is 15.8 Å². The summed E-state index contributed by atoms with van der Waals surface area (Å²) >= 11 is 0. The first-order chi connectivity index (χ1) is 27.8. The van der Waals surface area contributed by atoms with E-state index in [2.05, 4.69) is 190 Å². The Balaban J connectivity index is 0.000000250. The SMILES string of the molecule is [CH3-].[Cu+2].c1ccc(-c2n[n-]c(-c3ccccn3)n2)cc1.c1ccc([PH+](c2ccccc2)c2ccccc2Oc2ccccc2[PH+](c2ccccc2)c2ccccc2)cc1. The number of pyridine rings is 1. The van der Waals surface area contributed by atoms with E-state index in [-0.39, 0.29) is 24.5 Å². The van der Waals surface area contributed by atoms with Crippen LogP contribution in [0, 0.1) is 7.43 Å². The number of aromatic nitrogens is 4. The Labute approximate surface area is 354 Å². The molecule has 0 saturated heterocycles. The van der Waals surface area contributed by atoms with E-state index in [1.165, 1.54) is 31.8 Å². The molecule has 0 unspecified atom stereocenters. The summed E-state index contributed by atoms with van der Waals surface area (Å²) in [5, 5.41) is 16.0. The predicted molar refractivity (Wildman–Crippen MR) is 244 cm³/mol. The maximum Gasteiger partial charge on any atom is 2.00 e. The molecule has 9 rings (SSSR count). The molecule has 8 heteroatoms. The fourth-order valence-electron chi connectivity index (χ4n) is 6.57. The molecule has 0 spiro atoms. The molecule has 0 aliphatic heterocycles. The van der Waals surface area contributed by atoms with Gasteiger partial charge in [-0.25, -0.2) is 0 Å². The minimum atomic E-state index is -1.28. The van der Waals surface area contributed by atoms with Crippen molar-refractivity contribution < 1.29 is 21.8 Å². The van der Waals surface area contributed by atoms with E-state index in [4.69, 9.17) is 4.74 Å². The summed E-state index contributed by atoms with van der Waals surface area (Å²) in [7, 11) is -2.56. The summed E-state index contributed by atoms with van der Waals surface area (Å²) < 4.78 is 6.94. The quantitative estimate of drug-likeness (QED) is 0.0782. The van der Waals surface area contributed by atoms with Gasteiger partial charge in [-0.3, -0.25) is 10.1 Å². The third kappa shape index (κ3) is 10.1. The summed E-state index contributed by atoms with van der Waals surface area (Å²) in [5.74, 6) is 3.04. The van der Waals surface area contributed by atoms with E-state index in [1.54, 1.807) is 6.20 Å². The molecular weight excluding hydrogens is 798 g/mol. The van der Waals surface area contributed by atoms with E-state index in [0.717, 1.165) is 22.8 Å². The van der Waals surface area contributed by atoms with Crippen molar-refractivity contribution in [2.75, 3.05) is 0 Å². The van der Waals surface area contributed by atoms with Crippen LogP contribution in [0.15, 0.2) is 225 Å². The van der Waals surface area contributed by atoms with E-state index in [0.29, 0.717) is 11.6 Å². The molecule has 0 saturated carbocycles. The monoisotopic (exact) mass is 839 g/mol. The van der Waals surface area contributed by atoms with E-state index in [1.807, 2.05) is 48.5 Å². The number of hydrogen-bond acceptors (Lipinski definition) is 4. The van der Waals surface area contributed by atoms with Gasteiger partial charge in [0.15, 0.2) is 11.5 Å². The smallest absolute Gasteiger partial charge is 0.449 e. The zero-order chi connectivity index (χ0) is 37.8. The Kier molecular flexibility index (Phi) is 15.0. The van der Waals surface area contributed by atoms with Crippen molar-refractivity contribution in [1.29, 1.82) is 0 Å². The molecule has 0 fully saturated rings. The molecule has 0 atom stereocenters. The molecule has 0 aliphatic carbocycles. The van der Waals surface area contributed by atoms with Crippen molar-refractivity contribution in [3.05, 3.63) is 232 Å². The average molecular weight is 840 g/mol. The number of rotatable bonds is 10. The van der Waals surface area contributed by atoms with Gasteiger partial charge in [0.05, 0.1) is 11.5 Å². The Morgan fingerprint density at radius 3 is 1.21 bits per heavy atom. The van der Waals surface area contributed by atoms with E-state index in [9.17, 15) is 0 Å². The van der Waals surface area contributed by atoms with Gasteiger partial charge in [0, 0.05) is 6.20 Å². The van der Waals surface area contributed by atoms with Gasteiger partial charge in [0.1, 0.15) is 47.7 Å². The Hall–Kier alpha value is -5.99. The Morgan fingerprint density at radius 2 is 0.793 bits per heavy atom. The Bertz CT molecular complexity index is 2310. The molecule has 287 valence electrons. The second-order valence-corrected chi connectivity index (χ2v) is 17.7. The van der Waals surface area contributed by atoms with Crippen molar-refractivity contribution >= 4 is 47.7 Å². The standard InChI is InChI=1S/C36H28OP2.C13H9N4.CH3.Cu/c1-5-17-29(18-6-1)38(30-19-7-2-8-20-30)35-27-15-13-25-33(35)37-34-26-14-16-28-36(34)39(31-21-9-3-10-22-31)32-23-11-4-12-24-32;1-2-6-10(7-3-1)12-15-13(17-16-12)11-8-4-5-9-14-11;;/h1-28H;1-9H;1H3;/q;2*-1;+2/p+2. The first kappa shape index (κ1) is 41.6. The fraction of sp³-hybridized carbons (Fsp3) is 0. The van der Waals surface area contributed by atoms with Crippen LogP contribution in [0.1, 0.15) is 0 Å². The number of nitrogens with zero attached hydrogens (tertiary/aromatic N) is 4. The van der Waals surface area contributed by atoms with Gasteiger partial charge in [-0.1, -0.05) is 133 Å². The molecular formula is C50H42CuN4OP2+2. The molecule has 58 heavy (non-hydrogen) atoms. The van der Waals surface area contributed by atoms with E-state index < -0.39 is 15.8 Å². The molecule has 0 N–H and O–H groups in total. The van der Waals surface area contributed by atoms with Crippen molar-refractivity contribution in [2.24, 2.45) is 0 Å². The molecule has 2 heterocycles. The van der Waals surface area contributed by atoms with Gasteiger partial charge in [0.2, 0.25) is 0 Å². The van der Waals surface area contributed by atoms with Crippen LogP contribution in [-0.4, -0.2) is 15.1 Å². The minimum Gasteiger partial charge on any atom is -0.449 e. The number of benzene rings is 7. The van der Waals surface area contributed by atoms with Crippen molar-refractivity contribution in [2.45, 2.75) is 0 Å². The number of para-hydroxylation sites is 2. The summed E-state index contributed by atoms with van der Waals surface area (Å²) in [6.07, 6.45) is 1.72. The second kappa shape index (κ2) is 21.0. The normalized spacial score (nSPS) is 10.4. The van der Waals surface area contributed by atoms with Crippen LogP contribution in [0.4, 0.5) is 0 Å². The molecule has 1 radical (unpaired) electrons. The first-order valence-electron chi connectivity index (χ1n) is 18.5. The van der Waals surface area contributed by atoms with Crippen LogP contribution in [0.5, 0.6) is 11.5 Å². The first-order valence-corrected chi connectivity index (χ1v) is 21.5. The van der Waals surface area contributed by atoms with Crippen LogP contribution in [0.25, 0.3) is 22.9 Å². The van der Waals surface area contributed by atoms with Gasteiger partial charge in [0.25, 0.3) is 0 Å². The zero-order valence-electron chi connectivity index (χ0n) is 31.9. The van der Waals surface area contributed by atoms with E-state index >= 15 is 0 Å². The summed E-state index contributed by atoms with van der Waals surface area (Å²) in [6.45, 7) is 0. The second-order valence-electron chi connectivity index (χ2n) is 12.8. The van der Waals surface area contributed by atoms with Gasteiger partial charge in [-0.05, 0) is 96.3 Å². The Morgan fingerprint density at radius 1 is 0.414 bits per heavy atom. The third-order valence-electron chi connectivity index (χ3n) is 9.16. The largest absolute Gasteiger partial charge is 2.00 e. The van der Waals surface area contributed by atoms with Gasteiger partial charge >= 0.3 is 17.1 Å². The maximum absolute atomic E-state index is 6.94. The average Bonchev–Trinajstić information content (AvgIpc) is 3.78. The molecule has 0 bridgehead atoms. The molecule has 0 amide bonds. The zero-order valence-corrected chi connectivity index (χ0v) is 34.8. The molecule has 5 nitrogen and oxygen atoms in total. The third-order valence-corrected chi connectivity index (χ3v) is 14.7. The topological polar surface area (TPSA) is 62.0 Å². The van der Waals surface area contributed by atoms with Gasteiger partial charge < -0.3 is 22.2 Å². The minimum absolute atomic E-state index is 0. The van der Waals surface area contributed by atoms with Crippen molar-refractivity contribution in [3.8, 4) is 34.4 Å². The predicted octanol–water partition coefficient (Wildman–Crippen LogP) is 9.07. The van der Waals surface area contributed by atoms with Crippen LogP contribution in [0.2, 0.25) is 0 Å². The van der Waals surface area contributed by atoms with Crippen molar-refractivity contribution in [1.82, 2.24) is 20.2 Å². The summed E-state index contributed by atoms with van der Waals surface area (Å²) in [4.78, 5) is 8.56. The number of hydrogen-bond donors (Lipinski definition) is 0. The maximum atomic E-state index is 6.94. The summed E-state index contributed by atoms with van der Waals surface area (Å²) in [5.41, 5.74) is 1.70. The van der Waals surface area contributed by atoms with Gasteiger partial charge in [-0.15, -0.1) is 0 Å². The fourth-order valence-corrected chi connectivity index (χ4v) is 11.9. The molecule has 2 aromatic heterocycles. The number of ether oxygens (including phenoxy) is 1. The summed E-state index contributed by atoms with van der Waals surface area (Å²) in [6, 6.07) is 76.0. The van der Waals surface area contributed by atoms with Gasteiger partial charge in [-0.2, -0.15) is 0 Å². The van der Waals surface area contributed by atoms with Crippen LogP contribution in [0.3, 0.4) is 0 Å². The van der Waals surface area contributed by atoms with Crippen LogP contribution in [-0.2, 0) is 17.1 Å². The molecule has 0 aliphatic rings.